The molecule has 29 heavy (non-hydrogen) atoms. The minimum atomic E-state index is 1.04. The Labute approximate surface area is 170 Å². The first kappa shape index (κ1) is 17.2. The lowest BCUT2D eigenvalue weighted by Crippen LogP contribution is -2.12. The van der Waals surface area contributed by atoms with Crippen LogP contribution in [0.1, 0.15) is 0 Å². The second-order valence-electron chi connectivity index (χ2n) is 6.91. The van der Waals surface area contributed by atoms with E-state index in [4.69, 9.17) is 5.10 Å². The average Bonchev–Trinajstić information content (AvgIpc) is 3.54. The molecule has 0 aliphatic rings. The van der Waals surface area contributed by atoms with Crippen molar-refractivity contribution in [1.29, 1.82) is 0 Å². The molecule has 0 aliphatic carbocycles. The van der Waals surface area contributed by atoms with E-state index in [2.05, 4.69) is 72.8 Å². The van der Waals surface area contributed by atoms with Gasteiger partial charge < -0.3 is 0 Å². The van der Waals surface area contributed by atoms with Crippen molar-refractivity contribution in [2.24, 2.45) is 5.10 Å². The molecule has 0 spiro atoms. The fourth-order valence-corrected chi connectivity index (χ4v) is 3.55. The van der Waals surface area contributed by atoms with Gasteiger partial charge in [0.25, 0.3) is 0 Å². The summed E-state index contributed by atoms with van der Waals surface area (Å²) in [4.78, 5) is 0. The van der Waals surface area contributed by atoms with Crippen LogP contribution in [0.25, 0.3) is 22.3 Å². The molecule has 0 N–H and O–H groups in total. The summed E-state index contributed by atoms with van der Waals surface area (Å²) < 4.78 is 0. The van der Waals surface area contributed by atoms with Crippen molar-refractivity contribution < 1.29 is 0 Å². The highest BCUT2D eigenvalue weighted by molar-refractivity contribution is 5.93. The van der Waals surface area contributed by atoms with Gasteiger partial charge in [0.05, 0.1) is 11.4 Å². The van der Waals surface area contributed by atoms with E-state index in [0.29, 0.717) is 0 Å². The molecule has 0 heterocycles. The second-order valence-corrected chi connectivity index (χ2v) is 6.91. The third-order valence-electron chi connectivity index (χ3n) is 4.99. The Morgan fingerprint density at radius 3 is 1.14 bits per heavy atom. The molecule has 0 atom stereocenters. The molecular weight excluding hydrogens is 352 g/mol. The molecule has 0 amide bonds. The van der Waals surface area contributed by atoms with Crippen molar-refractivity contribution in [2.75, 3.05) is 5.01 Å². The van der Waals surface area contributed by atoms with Crippen LogP contribution in [0.2, 0.25) is 0 Å². The summed E-state index contributed by atoms with van der Waals surface area (Å²) in [6, 6.07) is 41.6. The molecule has 0 radical (unpaired) electrons. The molecule has 0 aromatic heterocycles. The summed E-state index contributed by atoms with van der Waals surface area (Å²) in [5.41, 5.74) is 6.91. The largest absolute Gasteiger partial charge is 0.233 e. The first-order valence-corrected chi connectivity index (χ1v) is 9.76. The lowest BCUT2D eigenvalue weighted by Gasteiger charge is -2.18. The van der Waals surface area contributed by atoms with E-state index in [-0.39, 0.29) is 0 Å². The van der Waals surface area contributed by atoms with Crippen molar-refractivity contribution in [3.8, 4) is 22.3 Å². The molecule has 0 aliphatic heterocycles. The van der Waals surface area contributed by atoms with Crippen LogP contribution >= 0.6 is 0 Å². The smallest absolute Gasteiger partial charge is 0.101 e. The quantitative estimate of drug-likeness (QED) is 0.319. The van der Waals surface area contributed by atoms with E-state index in [1.165, 1.54) is 22.3 Å². The van der Waals surface area contributed by atoms with Crippen LogP contribution in [0.15, 0.2) is 126 Å². The monoisotopic (exact) mass is 372 g/mol. The summed E-state index contributed by atoms with van der Waals surface area (Å²) in [5.74, 6) is 0. The number of anilines is 2. The standard InChI is InChI=1S/C27H20N2/c1-5-13-21(14-6-1)25-26(22-15-7-2-8-16-22)27(25)28-29(23-17-9-3-10-18-23)24-19-11-4-12-20-24/h1-20H. The van der Waals surface area contributed by atoms with Gasteiger partial charge in [-0.3, -0.25) is 0 Å². The van der Waals surface area contributed by atoms with Gasteiger partial charge in [-0.1, -0.05) is 97.1 Å². The van der Waals surface area contributed by atoms with Gasteiger partial charge >= 0.3 is 0 Å². The number of para-hydroxylation sites is 2. The molecule has 2 nitrogen and oxygen atoms in total. The second kappa shape index (κ2) is 7.61. The molecule has 0 saturated carbocycles. The Morgan fingerprint density at radius 2 is 0.759 bits per heavy atom. The maximum absolute atomic E-state index is 5.12. The minimum Gasteiger partial charge on any atom is -0.233 e. The highest BCUT2D eigenvalue weighted by Crippen LogP contribution is 2.35. The van der Waals surface area contributed by atoms with E-state index in [1.807, 2.05) is 53.5 Å². The molecule has 0 fully saturated rings. The van der Waals surface area contributed by atoms with Crippen LogP contribution in [0.4, 0.5) is 11.4 Å². The van der Waals surface area contributed by atoms with Crippen molar-refractivity contribution in [3.63, 3.8) is 0 Å². The van der Waals surface area contributed by atoms with E-state index in [0.717, 1.165) is 16.7 Å². The maximum Gasteiger partial charge on any atom is 0.101 e. The average molecular weight is 372 g/mol. The topological polar surface area (TPSA) is 15.6 Å². The van der Waals surface area contributed by atoms with Crippen LogP contribution in [0.5, 0.6) is 0 Å². The number of hydrogen-bond donors (Lipinski definition) is 0. The Hall–Kier alpha value is -3.91. The highest BCUT2D eigenvalue weighted by atomic mass is 15.5. The fourth-order valence-electron chi connectivity index (χ4n) is 3.55. The van der Waals surface area contributed by atoms with Crippen molar-refractivity contribution in [1.82, 2.24) is 0 Å². The van der Waals surface area contributed by atoms with Crippen molar-refractivity contribution in [3.05, 3.63) is 127 Å². The molecule has 0 bridgehead atoms. The van der Waals surface area contributed by atoms with Crippen molar-refractivity contribution in [2.45, 2.75) is 0 Å². The molecule has 5 aromatic carbocycles. The highest BCUT2D eigenvalue weighted by Gasteiger charge is 2.24. The van der Waals surface area contributed by atoms with E-state index < -0.39 is 0 Å². The van der Waals surface area contributed by atoms with Crippen LogP contribution in [-0.4, -0.2) is 0 Å². The lowest BCUT2D eigenvalue weighted by atomic mass is 10.1. The molecule has 5 aromatic rings. The zero-order valence-corrected chi connectivity index (χ0v) is 15.9. The zero-order chi connectivity index (χ0) is 19.5. The van der Waals surface area contributed by atoms with Gasteiger partial charge in [0, 0.05) is 11.1 Å². The first-order chi connectivity index (χ1) is 14.4. The van der Waals surface area contributed by atoms with Gasteiger partial charge in [0.1, 0.15) is 5.36 Å². The summed E-state index contributed by atoms with van der Waals surface area (Å²) in [6.07, 6.45) is 0. The maximum atomic E-state index is 5.12. The SMILES string of the molecule is c1ccc(-c2c(-c3ccccc3)c2=NN(c2ccccc2)c2ccccc2)cc1. The third-order valence-corrected chi connectivity index (χ3v) is 4.99. The predicted molar refractivity (Wildman–Crippen MR) is 120 cm³/mol. The van der Waals surface area contributed by atoms with Crippen LogP contribution in [0, 0.1) is 0 Å². The minimum absolute atomic E-state index is 1.04. The number of hydrogen-bond acceptors (Lipinski definition) is 2. The van der Waals surface area contributed by atoms with E-state index in [1.54, 1.807) is 0 Å². The van der Waals surface area contributed by atoms with Gasteiger partial charge in [0.15, 0.2) is 0 Å². The van der Waals surface area contributed by atoms with Gasteiger partial charge in [-0.05, 0) is 35.4 Å². The molecule has 0 unspecified atom stereocenters. The summed E-state index contributed by atoms with van der Waals surface area (Å²) in [5, 5.41) is 8.18. The van der Waals surface area contributed by atoms with E-state index >= 15 is 0 Å². The fraction of sp³-hybridized carbons (Fsp3) is 0. The number of rotatable bonds is 5. The zero-order valence-electron chi connectivity index (χ0n) is 15.9. The molecular formula is C27H20N2. The molecule has 2 heteroatoms. The normalized spacial score (nSPS) is 10.8. The lowest BCUT2D eigenvalue weighted by molar-refractivity contribution is 1.04. The van der Waals surface area contributed by atoms with Crippen molar-refractivity contribution >= 4 is 11.4 Å². The van der Waals surface area contributed by atoms with Gasteiger partial charge in [0.2, 0.25) is 0 Å². The Balaban J connectivity index is 1.69. The third kappa shape index (κ3) is 3.48. The van der Waals surface area contributed by atoms with Gasteiger partial charge in [-0.2, -0.15) is 5.10 Å². The molecule has 5 rings (SSSR count). The van der Waals surface area contributed by atoms with Crippen LogP contribution < -0.4 is 10.4 Å². The Bertz CT molecular complexity index is 1120. The number of nitrogens with zero attached hydrogens (tertiary/aromatic N) is 2. The summed E-state index contributed by atoms with van der Waals surface area (Å²) >= 11 is 0. The van der Waals surface area contributed by atoms with Gasteiger partial charge in [-0.15, -0.1) is 0 Å². The summed E-state index contributed by atoms with van der Waals surface area (Å²) in [7, 11) is 0. The van der Waals surface area contributed by atoms with Crippen LogP contribution in [-0.2, 0) is 0 Å². The summed E-state index contributed by atoms with van der Waals surface area (Å²) in [6.45, 7) is 0. The Morgan fingerprint density at radius 1 is 0.414 bits per heavy atom. The number of benzene rings is 4. The molecule has 0 saturated heterocycles. The molecule has 138 valence electrons. The van der Waals surface area contributed by atoms with Crippen LogP contribution in [0.3, 0.4) is 0 Å². The van der Waals surface area contributed by atoms with Gasteiger partial charge in [-0.25, -0.2) is 5.01 Å². The first-order valence-electron chi connectivity index (χ1n) is 9.76. The predicted octanol–water partition coefficient (Wildman–Crippen LogP) is 6.55. The van der Waals surface area contributed by atoms with E-state index in [9.17, 15) is 0 Å². The Kier molecular flexibility index (Phi) is 4.51.